The van der Waals surface area contributed by atoms with Gasteiger partial charge < -0.3 is 9.05 Å². The molecular weight excluding hydrogens is 414 g/mol. The third-order valence-electron chi connectivity index (χ3n) is 0.663. The van der Waals surface area contributed by atoms with Crippen LogP contribution in [0.4, 0.5) is 0 Å². The van der Waals surface area contributed by atoms with Crippen LogP contribution >= 0.6 is 51.7 Å². The molecule has 0 saturated carbocycles. The second kappa shape index (κ2) is 6.23. The van der Waals surface area contributed by atoms with Crippen molar-refractivity contribution in [3.63, 3.8) is 0 Å². The van der Waals surface area contributed by atoms with E-state index >= 15 is 0 Å². The Morgan fingerprint density at radius 1 is 1.00 bits per heavy atom. The Morgan fingerprint density at radius 3 is 1.15 bits per heavy atom. The van der Waals surface area contributed by atoms with Crippen molar-refractivity contribution in [2.75, 3.05) is 20.9 Å². The van der Waals surface area contributed by atoms with Crippen LogP contribution in [0.15, 0.2) is 0 Å². The molecule has 0 radical (unpaired) electrons. The molecule has 10 heteroatoms. The fourth-order valence-corrected chi connectivity index (χ4v) is 0.224. The van der Waals surface area contributed by atoms with E-state index in [0.717, 1.165) is 0 Å². The van der Waals surface area contributed by atoms with Crippen molar-refractivity contribution < 1.29 is 13.6 Å². The summed E-state index contributed by atoms with van der Waals surface area (Å²) in [5.41, 5.74) is 0. The van der Waals surface area contributed by atoms with Crippen LogP contribution in [0, 0.1) is 0 Å². The van der Waals surface area contributed by atoms with E-state index in [1.54, 1.807) is 0 Å². The van der Waals surface area contributed by atoms with Crippen molar-refractivity contribution in [1.82, 2.24) is 0 Å². The van der Waals surface area contributed by atoms with Crippen LogP contribution in [0.2, 0.25) is 0 Å². The summed E-state index contributed by atoms with van der Waals surface area (Å²) in [6.07, 6.45) is 0. The zero-order chi connectivity index (χ0) is 11.4. The van der Waals surface area contributed by atoms with Crippen LogP contribution in [0.5, 0.6) is 0 Å². The summed E-state index contributed by atoms with van der Waals surface area (Å²) in [4.78, 5) is 0. The SMILES string of the molecule is COP(C)(=O)OC.[Cl][Sb]([Cl])([Cl])([Cl])[Cl]. The Labute approximate surface area is 96.9 Å². The van der Waals surface area contributed by atoms with Gasteiger partial charge in [0.05, 0.1) is 0 Å². The number of halogens is 5. The van der Waals surface area contributed by atoms with Gasteiger partial charge in [-0.25, -0.2) is 0 Å². The molecule has 0 N–H and O–H groups in total. The molecule has 0 rings (SSSR count). The van der Waals surface area contributed by atoms with Crippen molar-refractivity contribution >= 4 is 63.4 Å². The van der Waals surface area contributed by atoms with Crippen molar-refractivity contribution in [1.29, 1.82) is 0 Å². The van der Waals surface area contributed by atoms with Gasteiger partial charge in [-0.2, -0.15) is 0 Å². The van der Waals surface area contributed by atoms with Gasteiger partial charge in [0.1, 0.15) is 0 Å². The van der Waals surface area contributed by atoms with E-state index < -0.39 is 19.3 Å². The van der Waals surface area contributed by atoms with Gasteiger partial charge in [-0.05, 0) is 0 Å². The van der Waals surface area contributed by atoms with Gasteiger partial charge in [0.25, 0.3) is 0 Å². The normalized spacial score (nSPS) is 15.2. The first-order chi connectivity index (χ1) is 5.36. The van der Waals surface area contributed by atoms with Gasteiger partial charge in [-0.3, -0.25) is 4.57 Å². The Hall–Kier alpha value is 2.42. The first-order valence-corrected chi connectivity index (χ1v) is 20.8. The van der Waals surface area contributed by atoms with E-state index in [-0.39, 0.29) is 0 Å². The molecule has 0 unspecified atom stereocenters. The summed E-state index contributed by atoms with van der Waals surface area (Å²) in [6, 6.07) is 0. The zero-order valence-corrected chi connectivity index (χ0v) is 14.2. The van der Waals surface area contributed by atoms with Crippen molar-refractivity contribution in [3.05, 3.63) is 0 Å². The van der Waals surface area contributed by atoms with Crippen LogP contribution in [-0.2, 0) is 13.6 Å². The van der Waals surface area contributed by atoms with Crippen LogP contribution < -0.4 is 0 Å². The second-order valence-electron chi connectivity index (χ2n) is 1.78. The molecule has 0 aliphatic rings. The fourth-order valence-electron chi connectivity index (χ4n) is 0.0745. The predicted octanol–water partition coefficient (Wildman–Crippen LogP) is 4.17. The van der Waals surface area contributed by atoms with Crippen LogP contribution in [-0.4, -0.2) is 32.6 Å². The molecule has 0 aromatic heterocycles. The van der Waals surface area contributed by atoms with Gasteiger partial charge >= 0.3 is 63.4 Å². The average molecular weight is 423 g/mol. The predicted molar refractivity (Wildman–Crippen MR) is 62.6 cm³/mol. The molecule has 0 atom stereocenters. The Balaban J connectivity index is 0. The minimum atomic E-state index is -4.33. The summed E-state index contributed by atoms with van der Waals surface area (Å²) in [6.45, 7) is 1.41. The van der Waals surface area contributed by atoms with Gasteiger partial charge in [0.2, 0.25) is 0 Å². The fraction of sp³-hybridized carbons (Fsp3) is 1.00. The van der Waals surface area contributed by atoms with E-state index in [1.165, 1.54) is 20.9 Å². The maximum atomic E-state index is 10.5. The van der Waals surface area contributed by atoms with E-state index in [1.807, 2.05) is 0 Å². The molecular formula is C3H9Cl5O3PSb. The van der Waals surface area contributed by atoms with E-state index in [4.69, 9.17) is 44.1 Å². The van der Waals surface area contributed by atoms with Gasteiger partial charge in [-0.15, -0.1) is 0 Å². The van der Waals surface area contributed by atoms with E-state index in [0.29, 0.717) is 0 Å². The summed E-state index contributed by atoms with van der Waals surface area (Å²) >= 11 is -4.33. The first kappa shape index (κ1) is 17.8. The first-order valence-electron chi connectivity index (χ1n) is 2.66. The van der Waals surface area contributed by atoms with Crippen LogP contribution in [0.1, 0.15) is 0 Å². The number of hydrogen-bond donors (Lipinski definition) is 0. The molecule has 0 aliphatic heterocycles. The average Bonchev–Trinajstić information content (AvgIpc) is 1.83. The van der Waals surface area contributed by atoms with E-state index in [9.17, 15) is 4.57 Å². The summed E-state index contributed by atoms with van der Waals surface area (Å²) in [5, 5.41) is 0. The standard InChI is InChI=1S/C3H9O3P.5ClH.Sb/c1-5-7(3,4)6-2;;;;;;/h1-3H3;5*1H;/q;;;;;;+5/p-5. The van der Waals surface area contributed by atoms with Crippen molar-refractivity contribution in [2.24, 2.45) is 0 Å². The third kappa shape index (κ3) is 31.4. The van der Waals surface area contributed by atoms with Gasteiger partial charge in [-0.1, -0.05) is 0 Å². The van der Waals surface area contributed by atoms with Crippen LogP contribution in [0.25, 0.3) is 0 Å². The third-order valence-corrected chi connectivity index (χ3v) is 1.99. The summed E-state index contributed by atoms with van der Waals surface area (Å²) in [5.74, 6) is 0. The molecule has 0 heterocycles. The second-order valence-corrected chi connectivity index (χ2v) is 42.0. The van der Waals surface area contributed by atoms with Gasteiger partial charge in [0.15, 0.2) is 0 Å². The molecule has 0 aliphatic carbocycles. The molecule has 0 spiro atoms. The Kier molecular flexibility index (Phi) is 8.53. The van der Waals surface area contributed by atoms with Gasteiger partial charge in [0, 0.05) is 20.9 Å². The monoisotopic (exact) mass is 420 g/mol. The summed E-state index contributed by atoms with van der Waals surface area (Å²) in [7, 11) is 25.3. The minimum absolute atomic E-state index is 1.35. The maximum absolute atomic E-state index is 10.5. The molecule has 0 fully saturated rings. The molecule has 84 valence electrons. The molecule has 0 aromatic rings. The quantitative estimate of drug-likeness (QED) is 0.494. The molecule has 0 amide bonds. The molecule has 13 heavy (non-hydrogen) atoms. The number of rotatable bonds is 2. The molecule has 0 saturated heterocycles. The van der Waals surface area contributed by atoms with E-state index in [2.05, 4.69) is 9.05 Å². The molecule has 3 nitrogen and oxygen atoms in total. The zero-order valence-electron chi connectivity index (χ0n) is 7.01. The van der Waals surface area contributed by atoms with Crippen LogP contribution in [0.3, 0.4) is 0 Å². The Bertz CT molecular complexity index is 176. The summed E-state index contributed by atoms with van der Waals surface area (Å²) < 4.78 is 19.3. The topological polar surface area (TPSA) is 35.5 Å². The molecule has 0 aromatic carbocycles. The molecule has 0 bridgehead atoms. The van der Waals surface area contributed by atoms with Crippen molar-refractivity contribution in [3.8, 4) is 0 Å². The van der Waals surface area contributed by atoms with Crippen molar-refractivity contribution in [2.45, 2.75) is 0 Å². The Morgan fingerprint density at radius 2 is 1.15 bits per heavy atom. The number of hydrogen-bond acceptors (Lipinski definition) is 3.